The average molecular weight is 356 g/mol. The van der Waals surface area contributed by atoms with Gasteiger partial charge in [0.25, 0.3) is 0 Å². The minimum Gasteiger partial charge on any atom is -0.488 e. The van der Waals surface area contributed by atoms with Gasteiger partial charge in [-0.05, 0) is 46.2 Å². The Labute approximate surface area is 134 Å². The summed E-state index contributed by atoms with van der Waals surface area (Å²) in [5.41, 5.74) is 2.43. The van der Waals surface area contributed by atoms with E-state index in [1.165, 1.54) is 4.90 Å². The molecular weight excluding hydrogens is 334 g/mol. The molecule has 4 nitrogen and oxygen atoms in total. The van der Waals surface area contributed by atoms with Gasteiger partial charge in [0, 0.05) is 23.5 Å². The summed E-state index contributed by atoms with van der Waals surface area (Å²) in [5.74, 6) is 0.772. The van der Waals surface area contributed by atoms with E-state index in [-0.39, 0.29) is 12.2 Å². The zero-order valence-corrected chi connectivity index (χ0v) is 15.0. The Balaban J connectivity index is 2.39. The number of amides is 1. The van der Waals surface area contributed by atoms with Crippen LogP contribution in [0.1, 0.15) is 38.8 Å². The number of aryl methyl sites for hydroxylation is 1. The molecule has 1 atom stereocenters. The van der Waals surface area contributed by atoms with Crippen molar-refractivity contribution >= 4 is 27.7 Å². The first-order chi connectivity index (χ1) is 9.60. The molecule has 1 heterocycles. The molecule has 0 aliphatic carbocycles. The summed E-state index contributed by atoms with van der Waals surface area (Å²) in [6, 6.07) is 1.95. The van der Waals surface area contributed by atoms with Crippen LogP contribution in [0.4, 0.5) is 10.5 Å². The van der Waals surface area contributed by atoms with Crippen molar-refractivity contribution in [2.75, 3.05) is 11.9 Å². The molecule has 0 unspecified atom stereocenters. The molecule has 116 valence electrons. The van der Waals surface area contributed by atoms with E-state index in [4.69, 9.17) is 9.47 Å². The third kappa shape index (κ3) is 3.34. The molecule has 1 amide bonds. The van der Waals surface area contributed by atoms with Crippen LogP contribution in [-0.2, 0) is 11.2 Å². The van der Waals surface area contributed by atoms with Crippen LogP contribution >= 0.6 is 15.9 Å². The van der Waals surface area contributed by atoms with Crippen molar-refractivity contribution in [3.63, 3.8) is 0 Å². The van der Waals surface area contributed by atoms with E-state index in [0.29, 0.717) is 0 Å². The fraction of sp³-hybridized carbons (Fsp3) is 0.562. The van der Waals surface area contributed by atoms with Gasteiger partial charge in [0.05, 0.1) is 5.69 Å². The highest BCUT2D eigenvalue weighted by atomic mass is 79.9. The van der Waals surface area contributed by atoms with Gasteiger partial charge >= 0.3 is 6.09 Å². The Morgan fingerprint density at radius 1 is 1.48 bits per heavy atom. The molecule has 2 rings (SSSR count). The number of carbonyl (C=O) groups is 1. The fourth-order valence-corrected chi connectivity index (χ4v) is 2.80. The van der Waals surface area contributed by atoms with E-state index < -0.39 is 5.60 Å². The third-order valence-corrected chi connectivity index (χ3v) is 4.41. The van der Waals surface area contributed by atoms with Crippen molar-refractivity contribution in [1.29, 1.82) is 0 Å². The van der Waals surface area contributed by atoms with Crippen molar-refractivity contribution in [3.05, 3.63) is 21.7 Å². The van der Waals surface area contributed by atoms with E-state index >= 15 is 0 Å². The molecule has 1 aliphatic rings. The van der Waals surface area contributed by atoms with Crippen molar-refractivity contribution in [2.45, 2.75) is 52.7 Å². The Hall–Kier alpha value is -1.23. The summed E-state index contributed by atoms with van der Waals surface area (Å²) in [7, 11) is 1.71. The number of hydrogen-bond acceptors (Lipinski definition) is 3. The van der Waals surface area contributed by atoms with Crippen molar-refractivity contribution in [3.8, 4) is 5.75 Å². The summed E-state index contributed by atoms with van der Waals surface area (Å²) in [4.78, 5) is 13.8. The molecule has 21 heavy (non-hydrogen) atoms. The SMILES string of the molecule is Cc1cc(N(C)C(=O)OC(C)(C)C)c2c(c1Br)C[C@@H](C)O2. The zero-order chi connectivity index (χ0) is 15.9. The number of carbonyl (C=O) groups excluding carboxylic acids is 1. The maximum atomic E-state index is 12.3. The smallest absolute Gasteiger partial charge is 0.414 e. The van der Waals surface area contributed by atoms with Crippen LogP contribution in [-0.4, -0.2) is 24.8 Å². The number of anilines is 1. The van der Waals surface area contributed by atoms with E-state index in [1.807, 2.05) is 40.7 Å². The number of ether oxygens (including phenoxy) is 2. The Morgan fingerprint density at radius 3 is 2.67 bits per heavy atom. The molecule has 0 bridgehead atoms. The number of benzene rings is 1. The average Bonchev–Trinajstić information content (AvgIpc) is 2.73. The lowest BCUT2D eigenvalue weighted by molar-refractivity contribution is 0.0588. The second kappa shape index (κ2) is 5.52. The quantitative estimate of drug-likeness (QED) is 0.746. The summed E-state index contributed by atoms with van der Waals surface area (Å²) >= 11 is 3.61. The van der Waals surface area contributed by atoms with Gasteiger partial charge in [0.15, 0.2) is 0 Å². The summed E-state index contributed by atoms with van der Waals surface area (Å²) in [6.45, 7) is 9.61. The van der Waals surface area contributed by atoms with Gasteiger partial charge in [-0.3, -0.25) is 4.90 Å². The van der Waals surface area contributed by atoms with Gasteiger partial charge in [-0.1, -0.05) is 15.9 Å². The molecular formula is C16H22BrNO3. The minimum absolute atomic E-state index is 0.115. The predicted molar refractivity (Wildman–Crippen MR) is 87.3 cm³/mol. The number of halogens is 1. The van der Waals surface area contributed by atoms with Crippen LogP contribution in [0.15, 0.2) is 10.5 Å². The summed E-state index contributed by atoms with van der Waals surface area (Å²) in [5, 5.41) is 0. The normalized spacial score (nSPS) is 17.2. The highest BCUT2D eigenvalue weighted by Crippen LogP contribution is 2.44. The van der Waals surface area contributed by atoms with Crippen LogP contribution in [0.2, 0.25) is 0 Å². The van der Waals surface area contributed by atoms with Crippen LogP contribution in [0.3, 0.4) is 0 Å². The summed E-state index contributed by atoms with van der Waals surface area (Å²) in [6.07, 6.45) is 0.575. The molecule has 0 N–H and O–H groups in total. The van der Waals surface area contributed by atoms with Gasteiger partial charge in [-0.2, -0.15) is 0 Å². The minimum atomic E-state index is -0.521. The van der Waals surface area contributed by atoms with E-state index in [0.717, 1.165) is 33.5 Å². The zero-order valence-electron chi connectivity index (χ0n) is 13.4. The van der Waals surface area contributed by atoms with Crippen LogP contribution < -0.4 is 9.64 Å². The van der Waals surface area contributed by atoms with Crippen LogP contribution in [0.25, 0.3) is 0 Å². The van der Waals surface area contributed by atoms with Crippen LogP contribution in [0.5, 0.6) is 5.75 Å². The molecule has 0 fully saturated rings. The molecule has 1 aliphatic heterocycles. The molecule has 1 aromatic rings. The standard InChI is InChI=1S/C16H22BrNO3/c1-9-7-12(18(6)15(19)21-16(3,4)5)14-11(13(9)17)8-10(2)20-14/h7,10H,8H2,1-6H3/t10-/m1/s1. The first-order valence-electron chi connectivity index (χ1n) is 7.05. The first-order valence-corrected chi connectivity index (χ1v) is 7.85. The third-order valence-electron chi connectivity index (χ3n) is 3.31. The van der Waals surface area contributed by atoms with E-state index in [2.05, 4.69) is 15.9 Å². The molecule has 5 heteroatoms. The lowest BCUT2D eigenvalue weighted by Crippen LogP contribution is -2.34. The number of hydrogen-bond donors (Lipinski definition) is 0. The molecule has 0 radical (unpaired) electrons. The second-order valence-electron chi connectivity index (χ2n) is 6.51. The second-order valence-corrected chi connectivity index (χ2v) is 7.30. The predicted octanol–water partition coefficient (Wildman–Crippen LogP) is 4.45. The largest absolute Gasteiger partial charge is 0.488 e. The number of fused-ring (bicyclic) bond motifs is 1. The maximum absolute atomic E-state index is 12.3. The fourth-order valence-electron chi connectivity index (χ4n) is 2.35. The van der Waals surface area contributed by atoms with Gasteiger partial charge in [-0.25, -0.2) is 4.79 Å². The molecule has 1 aromatic carbocycles. The Morgan fingerprint density at radius 2 is 2.10 bits per heavy atom. The Kier molecular flexibility index (Phi) is 4.24. The van der Waals surface area contributed by atoms with E-state index in [1.54, 1.807) is 7.05 Å². The van der Waals surface area contributed by atoms with E-state index in [9.17, 15) is 4.79 Å². The monoisotopic (exact) mass is 355 g/mol. The van der Waals surface area contributed by atoms with Crippen molar-refractivity contribution < 1.29 is 14.3 Å². The molecule has 0 saturated carbocycles. The number of nitrogens with zero attached hydrogens (tertiary/aromatic N) is 1. The molecule has 0 saturated heterocycles. The highest BCUT2D eigenvalue weighted by molar-refractivity contribution is 9.10. The molecule has 0 spiro atoms. The maximum Gasteiger partial charge on any atom is 0.414 e. The lowest BCUT2D eigenvalue weighted by atomic mass is 10.1. The number of rotatable bonds is 1. The van der Waals surface area contributed by atoms with Gasteiger partial charge < -0.3 is 9.47 Å². The van der Waals surface area contributed by atoms with Gasteiger partial charge in [0.1, 0.15) is 17.5 Å². The van der Waals surface area contributed by atoms with Crippen molar-refractivity contribution in [2.24, 2.45) is 0 Å². The highest BCUT2D eigenvalue weighted by Gasteiger charge is 2.30. The summed E-state index contributed by atoms with van der Waals surface area (Å²) < 4.78 is 12.4. The molecule has 0 aromatic heterocycles. The lowest BCUT2D eigenvalue weighted by Gasteiger charge is -2.26. The van der Waals surface area contributed by atoms with Crippen LogP contribution in [0, 0.1) is 6.92 Å². The Bertz CT molecular complexity index is 578. The first kappa shape index (κ1) is 16.1. The van der Waals surface area contributed by atoms with Gasteiger partial charge in [0.2, 0.25) is 0 Å². The van der Waals surface area contributed by atoms with Gasteiger partial charge in [-0.15, -0.1) is 0 Å². The topological polar surface area (TPSA) is 38.8 Å². The van der Waals surface area contributed by atoms with Crippen molar-refractivity contribution in [1.82, 2.24) is 0 Å².